The van der Waals surface area contributed by atoms with Crippen LogP contribution in [0.1, 0.15) is 5.56 Å². The molecule has 1 heterocycles. The van der Waals surface area contributed by atoms with Gasteiger partial charge >= 0.3 is 0 Å². The summed E-state index contributed by atoms with van der Waals surface area (Å²) in [7, 11) is -3.32. The summed E-state index contributed by atoms with van der Waals surface area (Å²) in [5, 5.41) is 7.57. The van der Waals surface area contributed by atoms with Gasteiger partial charge < -0.3 is 5.32 Å². The van der Waals surface area contributed by atoms with Gasteiger partial charge in [0.05, 0.1) is 15.7 Å². The molecule has 1 aromatic carbocycles. The third-order valence-electron chi connectivity index (χ3n) is 2.89. The Labute approximate surface area is 128 Å². The average molecular weight is 330 g/mol. The molecule has 0 fully saturated rings. The lowest BCUT2D eigenvalue weighted by molar-refractivity contribution is 0.591. The second-order valence-electron chi connectivity index (χ2n) is 4.38. The minimum Gasteiger partial charge on any atom is -0.315 e. The van der Waals surface area contributed by atoms with E-state index < -0.39 is 9.84 Å². The zero-order chi connectivity index (χ0) is 14.4. The smallest absolute Gasteiger partial charge is 0.181 e. The van der Waals surface area contributed by atoms with Crippen LogP contribution in [0, 0.1) is 0 Å². The number of sulfone groups is 1. The van der Waals surface area contributed by atoms with Crippen LogP contribution in [0.5, 0.6) is 0 Å². The number of hydrogen-bond acceptors (Lipinski definition) is 4. The van der Waals surface area contributed by atoms with Crippen LogP contribution in [0.4, 0.5) is 0 Å². The highest BCUT2D eigenvalue weighted by molar-refractivity contribution is 7.91. The van der Waals surface area contributed by atoms with Crippen molar-refractivity contribution in [2.75, 3.05) is 18.8 Å². The number of nitrogens with one attached hydrogen (secondary N) is 1. The van der Waals surface area contributed by atoms with Gasteiger partial charge in [0.2, 0.25) is 0 Å². The van der Waals surface area contributed by atoms with Gasteiger partial charge in [-0.25, -0.2) is 8.42 Å². The molecule has 108 valence electrons. The van der Waals surface area contributed by atoms with Crippen LogP contribution in [0.3, 0.4) is 0 Å². The van der Waals surface area contributed by atoms with E-state index in [1.165, 1.54) is 5.56 Å². The van der Waals surface area contributed by atoms with Crippen molar-refractivity contribution in [3.63, 3.8) is 0 Å². The molecule has 0 unspecified atom stereocenters. The van der Waals surface area contributed by atoms with Gasteiger partial charge in [-0.15, -0.1) is 0 Å². The molecular formula is C14H16ClNO2S2. The van der Waals surface area contributed by atoms with E-state index in [0.29, 0.717) is 6.54 Å². The van der Waals surface area contributed by atoms with Crippen molar-refractivity contribution in [1.29, 1.82) is 0 Å². The summed E-state index contributed by atoms with van der Waals surface area (Å²) in [6, 6.07) is 8.62. The fourth-order valence-electron chi connectivity index (χ4n) is 1.81. The van der Waals surface area contributed by atoms with E-state index in [4.69, 9.17) is 11.6 Å². The van der Waals surface area contributed by atoms with Crippen LogP contribution in [-0.4, -0.2) is 27.3 Å². The molecule has 0 amide bonds. The van der Waals surface area contributed by atoms with Gasteiger partial charge in [-0.2, -0.15) is 11.3 Å². The molecule has 0 aliphatic heterocycles. The van der Waals surface area contributed by atoms with E-state index in [-0.39, 0.29) is 15.7 Å². The normalized spacial score (nSPS) is 11.7. The first-order valence-corrected chi connectivity index (χ1v) is 9.26. The quantitative estimate of drug-likeness (QED) is 0.794. The fraction of sp³-hybridized carbons (Fsp3) is 0.286. The molecule has 0 saturated heterocycles. The van der Waals surface area contributed by atoms with Crippen LogP contribution in [-0.2, 0) is 16.3 Å². The SMILES string of the molecule is O=S(=O)(CCNCCc1ccsc1)c1ccccc1Cl. The molecule has 0 radical (unpaired) electrons. The number of thiophene rings is 1. The Morgan fingerprint density at radius 2 is 1.95 bits per heavy atom. The van der Waals surface area contributed by atoms with Gasteiger partial charge in [-0.3, -0.25) is 0 Å². The first kappa shape index (κ1) is 15.5. The Balaban J connectivity index is 1.80. The molecular weight excluding hydrogens is 314 g/mol. The van der Waals surface area contributed by atoms with Gasteiger partial charge in [0.15, 0.2) is 9.84 Å². The summed E-state index contributed by atoms with van der Waals surface area (Å²) in [6.07, 6.45) is 0.912. The summed E-state index contributed by atoms with van der Waals surface area (Å²) in [5.41, 5.74) is 1.27. The standard InChI is InChI=1S/C14H16ClNO2S2/c15-13-3-1-2-4-14(13)20(17,18)10-8-16-7-5-12-6-9-19-11-12/h1-4,6,9,11,16H,5,7-8,10H2. The molecule has 0 aliphatic carbocycles. The second kappa shape index (κ2) is 7.22. The predicted molar refractivity (Wildman–Crippen MR) is 84.4 cm³/mol. The third-order valence-corrected chi connectivity index (χ3v) is 5.83. The highest BCUT2D eigenvalue weighted by Crippen LogP contribution is 2.21. The van der Waals surface area contributed by atoms with Crippen LogP contribution in [0.15, 0.2) is 46.0 Å². The maximum absolute atomic E-state index is 12.1. The molecule has 1 aromatic heterocycles. The first-order chi connectivity index (χ1) is 9.59. The second-order valence-corrected chi connectivity index (χ2v) is 7.65. The van der Waals surface area contributed by atoms with Crippen molar-refractivity contribution in [1.82, 2.24) is 5.32 Å². The highest BCUT2D eigenvalue weighted by Gasteiger charge is 2.16. The van der Waals surface area contributed by atoms with Gasteiger partial charge in [-0.05, 0) is 47.5 Å². The molecule has 0 atom stereocenters. The number of benzene rings is 1. The van der Waals surface area contributed by atoms with E-state index in [2.05, 4.69) is 16.8 Å². The van der Waals surface area contributed by atoms with E-state index in [0.717, 1.165) is 13.0 Å². The van der Waals surface area contributed by atoms with Crippen LogP contribution in [0.25, 0.3) is 0 Å². The van der Waals surface area contributed by atoms with Gasteiger partial charge in [-0.1, -0.05) is 23.7 Å². The van der Waals surface area contributed by atoms with E-state index in [9.17, 15) is 8.42 Å². The monoisotopic (exact) mass is 329 g/mol. The Hall–Kier alpha value is -0.880. The number of rotatable bonds is 7. The largest absolute Gasteiger partial charge is 0.315 e. The van der Waals surface area contributed by atoms with Crippen LogP contribution >= 0.6 is 22.9 Å². The Morgan fingerprint density at radius 1 is 1.15 bits per heavy atom. The molecule has 20 heavy (non-hydrogen) atoms. The van der Waals surface area contributed by atoms with Gasteiger partial charge in [0, 0.05) is 6.54 Å². The molecule has 0 saturated carbocycles. The number of halogens is 1. The Kier molecular flexibility index (Phi) is 5.60. The zero-order valence-electron chi connectivity index (χ0n) is 10.9. The number of hydrogen-bond donors (Lipinski definition) is 1. The summed E-state index contributed by atoms with van der Waals surface area (Å²) in [5.74, 6) is 0.0559. The van der Waals surface area contributed by atoms with Crippen molar-refractivity contribution in [2.45, 2.75) is 11.3 Å². The Bertz CT molecular complexity index is 639. The van der Waals surface area contributed by atoms with Crippen LogP contribution < -0.4 is 5.32 Å². The minimum atomic E-state index is -3.32. The van der Waals surface area contributed by atoms with Gasteiger partial charge in [0.1, 0.15) is 0 Å². The molecule has 2 aromatic rings. The first-order valence-electron chi connectivity index (χ1n) is 6.29. The molecule has 0 aliphatic rings. The third kappa shape index (κ3) is 4.31. The summed E-state index contributed by atoms with van der Waals surface area (Å²) < 4.78 is 24.2. The molecule has 6 heteroatoms. The zero-order valence-corrected chi connectivity index (χ0v) is 13.3. The fourth-order valence-corrected chi connectivity index (χ4v) is 4.28. The highest BCUT2D eigenvalue weighted by atomic mass is 35.5. The lowest BCUT2D eigenvalue weighted by atomic mass is 10.2. The maximum atomic E-state index is 12.1. The maximum Gasteiger partial charge on any atom is 0.181 e. The Morgan fingerprint density at radius 3 is 2.65 bits per heavy atom. The minimum absolute atomic E-state index is 0.0559. The van der Waals surface area contributed by atoms with Crippen molar-refractivity contribution in [2.24, 2.45) is 0 Å². The van der Waals surface area contributed by atoms with Gasteiger partial charge in [0.25, 0.3) is 0 Å². The van der Waals surface area contributed by atoms with Crippen molar-refractivity contribution >= 4 is 32.8 Å². The lowest BCUT2D eigenvalue weighted by Gasteiger charge is -2.07. The molecule has 1 N–H and O–H groups in total. The van der Waals surface area contributed by atoms with Crippen molar-refractivity contribution < 1.29 is 8.42 Å². The van der Waals surface area contributed by atoms with E-state index in [1.54, 1.807) is 35.6 Å². The molecule has 3 nitrogen and oxygen atoms in total. The summed E-state index contributed by atoms with van der Waals surface area (Å²) >= 11 is 7.59. The topological polar surface area (TPSA) is 46.2 Å². The molecule has 0 spiro atoms. The average Bonchev–Trinajstić information content (AvgIpc) is 2.91. The van der Waals surface area contributed by atoms with Crippen molar-refractivity contribution in [3.8, 4) is 0 Å². The lowest BCUT2D eigenvalue weighted by Crippen LogP contribution is -2.25. The van der Waals surface area contributed by atoms with E-state index >= 15 is 0 Å². The summed E-state index contributed by atoms with van der Waals surface area (Å²) in [4.78, 5) is 0.210. The van der Waals surface area contributed by atoms with Crippen LogP contribution in [0.2, 0.25) is 5.02 Å². The summed E-state index contributed by atoms with van der Waals surface area (Å²) in [6.45, 7) is 1.20. The van der Waals surface area contributed by atoms with E-state index in [1.807, 2.05) is 5.38 Å². The molecule has 2 rings (SSSR count). The predicted octanol–water partition coefficient (Wildman–Crippen LogP) is 3.01. The molecule has 0 bridgehead atoms. The van der Waals surface area contributed by atoms with Crippen molar-refractivity contribution in [3.05, 3.63) is 51.7 Å².